The Hall–Kier alpha value is -4.51. The molecule has 13 nitrogen and oxygen atoms in total. The Morgan fingerprint density at radius 3 is 2.32 bits per heavy atom. The summed E-state index contributed by atoms with van der Waals surface area (Å²) in [6.45, 7) is 1.43. The van der Waals surface area contributed by atoms with Crippen molar-refractivity contribution in [1.29, 1.82) is 0 Å². The second kappa shape index (κ2) is 13.7. The van der Waals surface area contributed by atoms with E-state index in [1.54, 1.807) is 31.2 Å². The van der Waals surface area contributed by atoms with Crippen LogP contribution in [-0.2, 0) is 31.0 Å². The van der Waals surface area contributed by atoms with Crippen LogP contribution in [0.15, 0.2) is 63.4 Å². The highest BCUT2D eigenvalue weighted by atomic mass is 35.5. The molecule has 0 radical (unpaired) electrons. The van der Waals surface area contributed by atoms with Gasteiger partial charge in [0.15, 0.2) is 0 Å². The minimum atomic E-state index is -5.08. The van der Waals surface area contributed by atoms with E-state index in [4.69, 9.17) is 37.8 Å². The number of aliphatic carboxylic acids is 1. The van der Waals surface area contributed by atoms with E-state index in [2.05, 4.69) is 15.2 Å². The van der Waals surface area contributed by atoms with E-state index in [9.17, 15) is 31.2 Å². The Labute approximate surface area is 235 Å². The number of benzene rings is 2. The van der Waals surface area contributed by atoms with Crippen molar-refractivity contribution in [3.05, 3.63) is 69.6 Å². The van der Waals surface area contributed by atoms with Crippen LogP contribution in [0.4, 0.5) is 18.9 Å². The number of hydrogen-bond donors (Lipinski definition) is 5. The topological polar surface area (TPSA) is 208 Å². The van der Waals surface area contributed by atoms with Crippen LogP contribution < -0.4 is 27.1 Å². The number of guanidine groups is 1. The number of carboxylic acids is 1. The number of anilines is 1. The molecule has 2 aromatic carbocycles. The van der Waals surface area contributed by atoms with Crippen molar-refractivity contribution in [1.82, 2.24) is 9.88 Å². The molecule has 0 aliphatic heterocycles. The highest BCUT2D eigenvalue weighted by Gasteiger charge is 2.38. The summed E-state index contributed by atoms with van der Waals surface area (Å²) in [6, 6.07) is 12.5. The Kier molecular flexibility index (Phi) is 10.9. The van der Waals surface area contributed by atoms with Gasteiger partial charge in [-0.1, -0.05) is 23.7 Å². The van der Waals surface area contributed by atoms with E-state index in [0.29, 0.717) is 16.1 Å². The number of pyridine rings is 1. The molecule has 1 aromatic heterocycles. The van der Waals surface area contributed by atoms with E-state index in [1.807, 2.05) is 0 Å². The van der Waals surface area contributed by atoms with Gasteiger partial charge in [0.05, 0.1) is 11.4 Å². The normalized spacial score (nSPS) is 11.1. The predicted molar refractivity (Wildman–Crippen MR) is 144 cm³/mol. The number of aromatic nitrogens is 1. The Morgan fingerprint density at radius 2 is 1.71 bits per heavy atom. The van der Waals surface area contributed by atoms with Crippen molar-refractivity contribution in [2.75, 3.05) is 17.9 Å². The summed E-state index contributed by atoms with van der Waals surface area (Å²) >= 11 is 5.97. The summed E-state index contributed by atoms with van der Waals surface area (Å²) in [6.07, 6.45) is -5.08. The van der Waals surface area contributed by atoms with Crippen LogP contribution in [0.25, 0.3) is 10.8 Å². The average Bonchev–Trinajstić information content (AvgIpc) is 2.87. The minimum Gasteiger partial charge on any atom is -0.475 e. The average molecular weight is 621 g/mol. The van der Waals surface area contributed by atoms with E-state index < -0.39 is 33.6 Å². The van der Waals surface area contributed by atoms with E-state index >= 15 is 0 Å². The predicted octanol–water partition coefficient (Wildman–Crippen LogP) is 1.72. The van der Waals surface area contributed by atoms with Gasteiger partial charge in [-0.3, -0.25) is 14.3 Å². The third kappa shape index (κ3) is 9.87. The fourth-order valence-corrected chi connectivity index (χ4v) is 4.34. The molecule has 0 unspecified atom stereocenters. The number of halogens is 4. The van der Waals surface area contributed by atoms with Crippen LogP contribution >= 0.6 is 11.6 Å². The van der Waals surface area contributed by atoms with Crippen LogP contribution in [0, 0.1) is 6.92 Å². The number of carbonyl (C=O) groups excluding carboxylic acids is 1. The zero-order valence-corrected chi connectivity index (χ0v) is 22.7. The monoisotopic (exact) mass is 620 g/mol. The summed E-state index contributed by atoms with van der Waals surface area (Å²) in [5.41, 5.74) is 9.86. The van der Waals surface area contributed by atoms with Gasteiger partial charge in [-0.05, 0) is 59.3 Å². The van der Waals surface area contributed by atoms with E-state index in [-0.39, 0.29) is 36.2 Å². The lowest BCUT2D eigenvalue weighted by Crippen LogP contribution is -2.36. The van der Waals surface area contributed by atoms with Gasteiger partial charge in [0, 0.05) is 10.7 Å². The third-order valence-corrected chi connectivity index (χ3v) is 6.55. The molecule has 0 aliphatic rings. The molecule has 3 rings (SSSR count). The molecule has 41 heavy (non-hydrogen) atoms. The molecule has 3 aromatic rings. The van der Waals surface area contributed by atoms with Gasteiger partial charge in [0.2, 0.25) is 11.9 Å². The molecule has 0 spiro atoms. The zero-order valence-electron chi connectivity index (χ0n) is 21.1. The zero-order chi connectivity index (χ0) is 31.0. The molecule has 0 saturated carbocycles. The first-order valence-corrected chi connectivity index (χ1v) is 13.1. The van der Waals surface area contributed by atoms with Gasteiger partial charge >= 0.3 is 12.1 Å². The summed E-state index contributed by atoms with van der Waals surface area (Å²) in [5, 5.41) is 15.0. The van der Waals surface area contributed by atoms with Crippen LogP contribution in [0.5, 0.6) is 0 Å². The molecule has 0 atom stereocenters. The number of rotatable bonds is 9. The molecule has 0 saturated heterocycles. The number of fused-ring (bicyclic) bond motifs is 1. The second-order valence-electron chi connectivity index (χ2n) is 8.04. The quantitative estimate of drug-likeness (QED) is 0.102. The van der Waals surface area contributed by atoms with Gasteiger partial charge in [-0.2, -0.15) is 13.2 Å². The van der Waals surface area contributed by atoms with Crippen molar-refractivity contribution >= 4 is 55.9 Å². The number of nitrogens with two attached hydrogens (primary N) is 2. The van der Waals surface area contributed by atoms with Crippen molar-refractivity contribution in [2.45, 2.75) is 24.5 Å². The maximum absolute atomic E-state index is 12.9. The van der Waals surface area contributed by atoms with Crippen molar-refractivity contribution in [2.24, 2.45) is 16.6 Å². The molecule has 18 heteroatoms. The number of oxime groups is 1. The van der Waals surface area contributed by atoms with Gasteiger partial charge < -0.3 is 31.3 Å². The lowest BCUT2D eigenvalue weighted by molar-refractivity contribution is -0.192. The third-order valence-electron chi connectivity index (χ3n) is 4.95. The standard InChI is InChI=1S/C21H23ClN6O5S.C2HF3O2/c1-13-2-7-18(20(30)28(13)12-19(29)25-8-9-33-26-21(23)24)27-34(31,32)17-6-4-14-10-16(22)5-3-15(14)11-17;3-2(4,5)1(6)7/h2-7,10-11,27H,8-9,12H2,1H3,(H,25,29)(H4,23,24,26);(H,6,7). The van der Waals surface area contributed by atoms with Crippen LogP contribution in [0.1, 0.15) is 5.69 Å². The number of amides is 1. The number of sulfonamides is 1. The van der Waals surface area contributed by atoms with E-state index in [0.717, 1.165) is 9.95 Å². The highest BCUT2D eigenvalue weighted by molar-refractivity contribution is 7.92. The lowest BCUT2D eigenvalue weighted by Gasteiger charge is -2.14. The number of nitrogens with zero attached hydrogens (tertiary/aromatic N) is 2. The molecule has 7 N–H and O–H groups in total. The highest BCUT2D eigenvalue weighted by Crippen LogP contribution is 2.23. The molecule has 1 heterocycles. The van der Waals surface area contributed by atoms with Crippen LogP contribution in [0.3, 0.4) is 0 Å². The molecule has 1 amide bonds. The first-order chi connectivity index (χ1) is 19.0. The maximum Gasteiger partial charge on any atom is 0.490 e. The maximum atomic E-state index is 12.9. The number of hydrogen-bond acceptors (Lipinski definition) is 7. The summed E-state index contributed by atoms with van der Waals surface area (Å²) in [4.78, 5) is 38.8. The lowest BCUT2D eigenvalue weighted by atomic mass is 10.1. The fourth-order valence-electron chi connectivity index (χ4n) is 3.07. The van der Waals surface area contributed by atoms with Gasteiger partial charge in [-0.25, -0.2) is 13.2 Å². The molecular weight excluding hydrogens is 597 g/mol. The molecule has 0 fully saturated rings. The molecule has 0 bridgehead atoms. The molecular formula is C23H24ClF3N6O7S. The molecule has 0 aliphatic carbocycles. The summed E-state index contributed by atoms with van der Waals surface area (Å²) < 4.78 is 61.1. The largest absolute Gasteiger partial charge is 0.490 e. The molecule has 222 valence electrons. The van der Waals surface area contributed by atoms with Crippen molar-refractivity contribution in [3.63, 3.8) is 0 Å². The van der Waals surface area contributed by atoms with Crippen molar-refractivity contribution in [3.8, 4) is 0 Å². The number of nitrogens with one attached hydrogen (secondary N) is 2. The fraction of sp³-hybridized carbons (Fsp3) is 0.217. The SMILES string of the molecule is Cc1ccc(NS(=O)(=O)c2ccc3cc(Cl)ccc3c2)c(=O)n1CC(=O)NCCON=C(N)N.O=C(O)C(F)(F)F. The number of alkyl halides is 3. The van der Waals surface area contributed by atoms with Crippen molar-refractivity contribution < 1.29 is 41.1 Å². The Balaban J connectivity index is 0.000000745. The summed E-state index contributed by atoms with van der Waals surface area (Å²) in [7, 11) is -4.07. The Morgan fingerprint density at radius 1 is 1.10 bits per heavy atom. The second-order valence-corrected chi connectivity index (χ2v) is 10.2. The first-order valence-electron chi connectivity index (χ1n) is 11.2. The van der Waals surface area contributed by atoms with E-state index in [1.165, 1.54) is 24.3 Å². The minimum absolute atomic E-state index is 0.0210. The van der Waals surface area contributed by atoms with Gasteiger partial charge in [0.25, 0.3) is 15.6 Å². The number of carbonyl (C=O) groups is 2. The number of carboxylic acid groups (broad SMARTS) is 1. The van der Waals surface area contributed by atoms with Gasteiger partial charge in [0.1, 0.15) is 18.8 Å². The van der Waals surface area contributed by atoms with Crippen LogP contribution in [-0.4, -0.2) is 55.3 Å². The smallest absolute Gasteiger partial charge is 0.475 e. The van der Waals surface area contributed by atoms with Crippen LogP contribution in [0.2, 0.25) is 5.02 Å². The van der Waals surface area contributed by atoms with Gasteiger partial charge in [-0.15, -0.1) is 0 Å². The summed E-state index contributed by atoms with van der Waals surface area (Å²) in [5.74, 6) is -3.49. The Bertz CT molecular complexity index is 1620. The first kappa shape index (κ1) is 32.7. The number of aryl methyl sites for hydroxylation is 1.